The van der Waals surface area contributed by atoms with Crippen LogP contribution < -0.4 is 10.2 Å². The number of amides is 1. The highest BCUT2D eigenvalue weighted by Gasteiger charge is 2.30. The summed E-state index contributed by atoms with van der Waals surface area (Å²) in [4.78, 5) is 26.9. The van der Waals surface area contributed by atoms with E-state index in [1.165, 1.54) is 4.90 Å². The number of nitrogens with zero attached hydrogens (tertiary/aromatic N) is 7. The molecule has 0 radical (unpaired) electrons. The molecule has 1 fully saturated rings. The summed E-state index contributed by atoms with van der Waals surface area (Å²) in [6.45, 7) is 3.77. The van der Waals surface area contributed by atoms with Gasteiger partial charge in [0, 0.05) is 74.9 Å². The molecule has 0 aliphatic carbocycles. The summed E-state index contributed by atoms with van der Waals surface area (Å²) in [7, 11) is 0. The highest BCUT2D eigenvalue weighted by atomic mass is 19.4. The van der Waals surface area contributed by atoms with Crippen LogP contribution >= 0.6 is 0 Å². The monoisotopic (exact) mass is 603 g/mol. The summed E-state index contributed by atoms with van der Waals surface area (Å²) in [5.74, 6) is 0.403. The maximum absolute atomic E-state index is 12.5. The second-order valence-electron chi connectivity index (χ2n) is 10.8. The molecule has 6 rings (SSSR count). The van der Waals surface area contributed by atoms with Crippen molar-refractivity contribution < 1.29 is 18.0 Å². The predicted molar refractivity (Wildman–Crippen MR) is 162 cm³/mol. The number of nitrogens with one attached hydrogen (secondary N) is 2. The Labute approximate surface area is 252 Å². The summed E-state index contributed by atoms with van der Waals surface area (Å²) >= 11 is 0. The fraction of sp³-hybridized carbons (Fsp3) is 0.323. The lowest BCUT2D eigenvalue weighted by Gasteiger charge is -2.37. The average molecular weight is 604 g/mol. The van der Waals surface area contributed by atoms with Crippen molar-refractivity contribution in [2.24, 2.45) is 0 Å². The van der Waals surface area contributed by atoms with E-state index in [1.54, 1.807) is 16.9 Å². The van der Waals surface area contributed by atoms with Crippen molar-refractivity contribution in [2.45, 2.75) is 25.4 Å². The first kappa shape index (κ1) is 29.1. The normalized spacial score (nSPS) is 15.8. The number of hydrogen-bond donors (Lipinski definition) is 2. The van der Waals surface area contributed by atoms with Crippen molar-refractivity contribution in [1.29, 1.82) is 5.41 Å². The second kappa shape index (κ2) is 12.3. The zero-order chi connectivity index (χ0) is 30.7. The third kappa shape index (κ3) is 6.66. The van der Waals surface area contributed by atoms with Crippen molar-refractivity contribution in [3.05, 3.63) is 84.3 Å². The molecule has 1 amide bonds. The lowest BCUT2D eigenvalue weighted by Crippen LogP contribution is -2.48. The predicted octanol–water partition coefficient (Wildman–Crippen LogP) is 4.97. The smallest absolute Gasteiger partial charge is 0.367 e. The van der Waals surface area contributed by atoms with E-state index in [1.807, 2.05) is 54.7 Å². The second-order valence-corrected chi connectivity index (χ2v) is 10.8. The number of fused-ring (bicyclic) bond motifs is 1. The molecule has 0 bridgehead atoms. The van der Waals surface area contributed by atoms with Crippen molar-refractivity contribution in [1.82, 2.24) is 29.4 Å². The van der Waals surface area contributed by atoms with Gasteiger partial charge >= 0.3 is 6.18 Å². The zero-order valence-electron chi connectivity index (χ0n) is 24.0. The largest absolute Gasteiger partial charge is 0.389 e. The van der Waals surface area contributed by atoms with Crippen LogP contribution in [0, 0.1) is 5.41 Å². The number of anilines is 3. The number of benzene rings is 1. The molecule has 228 valence electrons. The molecule has 44 heavy (non-hydrogen) atoms. The molecule has 2 aliphatic heterocycles. The maximum atomic E-state index is 12.5. The topological polar surface area (TPSA) is 106 Å². The number of rotatable bonds is 7. The van der Waals surface area contributed by atoms with Crippen LogP contribution in [0.1, 0.15) is 30.4 Å². The minimum atomic E-state index is -4.34. The standard InChI is InChI=1S/C31H32F3N9O/c32-31(33,34)12-9-27(44)41-15-10-22(11-16-41)26-4-2-14-43-29(26)38-30(39-43)37-24-7-5-23(6-8-24)28(35)42-19-17-40(18-20-42)25-3-1-13-36-21-25/h1-8,10,13-14,21,35H,9,11-12,15-20H2,(H,37,39). The Balaban J connectivity index is 1.07. The maximum Gasteiger partial charge on any atom is 0.389 e. The van der Waals surface area contributed by atoms with Gasteiger partial charge in [0.05, 0.1) is 18.3 Å². The van der Waals surface area contributed by atoms with Gasteiger partial charge in [-0.25, -0.2) is 4.52 Å². The van der Waals surface area contributed by atoms with Crippen LogP contribution in [-0.2, 0) is 4.79 Å². The molecule has 2 N–H and O–H groups in total. The third-order valence-electron chi connectivity index (χ3n) is 7.91. The third-order valence-corrected chi connectivity index (χ3v) is 7.91. The Morgan fingerprint density at radius 1 is 0.977 bits per heavy atom. The number of hydrogen-bond acceptors (Lipinski definition) is 7. The average Bonchev–Trinajstić information content (AvgIpc) is 3.46. The summed E-state index contributed by atoms with van der Waals surface area (Å²) in [6, 6.07) is 15.4. The van der Waals surface area contributed by atoms with Gasteiger partial charge in [-0.15, -0.1) is 5.10 Å². The van der Waals surface area contributed by atoms with Crippen LogP contribution in [0.15, 0.2) is 73.2 Å². The molecule has 0 saturated carbocycles. The highest BCUT2D eigenvalue weighted by molar-refractivity contribution is 5.97. The van der Waals surface area contributed by atoms with Gasteiger partial charge in [-0.1, -0.05) is 6.08 Å². The van der Waals surface area contributed by atoms with Gasteiger partial charge in [0.25, 0.3) is 0 Å². The minimum absolute atomic E-state index is 0.258. The molecular weight excluding hydrogens is 571 g/mol. The van der Waals surface area contributed by atoms with Gasteiger partial charge in [-0.2, -0.15) is 18.2 Å². The van der Waals surface area contributed by atoms with E-state index in [0.717, 1.165) is 54.3 Å². The van der Waals surface area contributed by atoms with Gasteiger partial charge in [0.15, 0.2) is 5.65 Å². The van der Waals surface area contributed by atoms with E-state index in [2.05, 4.69) is 31.3 Å². The van der Waals surface area contributed by atoms with Crippen LogP contribution in [0.3, 0.4) is 0 Å². The zero-order valence-corrected chi connectivity index (χ0v) is 24.0. The van der Waals surface area contributed by atoms with Gasteiger partial charge in [0.2, 0.25) is 11.9 Å². The fourth-order valence-electron chi connectivity index (χ4n) is 5.51. The van der Waals surface area contributed by atoms with Crippen molar-refractivity contribution >= 4 is 40.3 Å². The van der Waals surface area contributed by atoms with Crippen LogP contribution in [-0.4, -0.2) is 86.6 Å². The molecule has 13 heteroatoms. The Kier molecular flexibility index (Phi) is 8.18. The fourth-order valence-corrected chi connectivity index (χ4v) is 5.51. The summed E-state index contributed by atoms with van der Waals surface area (Å²) in [5.41, 5.74) is 5.18. The lowest BCUT2D eigenvalue weighted by molar-refractivity contribution is -0.148. The number of carbonyl (C=O) groups is 1. The number of piperazine rings is 1. The molecule has 1 aromatic carbocycles. The minimum Gasteiger partial charge on any atom is -0.367 e. The summed E-state index contributed by atoms with van der Waals surface area (Å²) in [5, 5.41) is 16.5. The molecule has 10 nitrogen and oxygen atoms in total. The first-order chi connectivity index (χ1) is 21.2. The number of halogens is 3. The Hall–Kier alpha value is -4.94. The molecule has 4 aromatic rings. The SMILES string of the molecule is N=C(c1ccc(Nc2nc3c(C4=CCN(C(=O)CCC(F)(F)F)CC4)cccn3n2)cc1)N1CCN(c2cccnc2)CC1. The number of amidine groups is 1. The molecule has 1 saturated heterocycles. The van der Waals surface area contributed by atoms with Crippen LogP contribution in [0.2, 0.25) is 0 Å². The molecular formula is C31H32F3N9O. The number of carbonyl (C=O) groups excluding carboxylic acids is 1. The first-order valence-corrected chi connectivity index (χ1v) is 14.5. The molecule has 0 atom stereocenters. The molecule has 0 spiro atoms. The van der Waals surface area contributed by atoms with Crippen LogP contribution in [0.5, 0.6) is 0 Å². The highest BCUT2D eigenvalue weighted by Crippen LogP contribution is 2.28. The van der Waals surface area contributed by atoms with Crippen LogP contribution in [0.4, 0.5) is 30.5 Å². The first-order valence-electron chi connectivity index (χ1n) is 14.5. The van der Waals surface area contributed by atoms with Crippen LogP contribution in [0.25, 0.3) is 11.2 Å². The molecule has 0 unspecified atom stereocenters. The number of pyridine rings is 2. The van der Waals surface area contributed by atoms with Crippen molar-refractivity contribution in [2.75, 3.05) is 49.5 Å². The number of alkyl halides is 3. The number of aromatic nitrogens is 4. The summed E-state index contributed by atoms with van der Waals surface area (Å²) in [6.07, 6.45) is 1.83. The van der Waals surface area contributed by atoms with E-state index >= 15 is 0 Å². The van der Waals surface area contributed by atoms with Gasteiger partial charge in [-0.3, -0.25) is 15.2 Å². The van der Waals surface area contributed by atoms with Gasteiger partial charge < -0.3 is 20.0 Å². The Morgan fingerprint density at radius 3 is 2.45 bits per heavy atom. The molecule has 5 heterocycles. The van der Waals surface area contributed by atoms with E-state index in [-0.39, 0.29) is 6.54 Å². The van der Waals surface area contributed by atoms with E-state index in [0.29, 0.717) is 30.4 Å². The Morgan fingerprint density at radius 2 is 1.77 bits per heavy atom. The van der Waals surface area contributed by atoms with Gasteiger partial charge in [0.1, 0.15) is 5.84 Å². The molecule has 3 aromatic heterocycles. The quantitative estimate of drug-likeness (QED) is 0.227. The van der Waals surface area contributed by atoms with Gasteiger partial charge in [-0.05, 0) is 60.5 Å². The Bertz CT molecular complexity index is 1660. The van der Waals surface area contributed by atoms with Crippen molar-refractivity contribution in [3.63, 3.8) is 0 Å². The van der Waals surface area contributed by atoms with E-state index in [4.69, 9.17) is 10.4 Å². The summed E-state index contributed by atoms with van der Waals surface area (Å²) < 4.78 is 39.2. The van der Waals surface area contributed by atoms with E-state index < -0.39 is 24.9 Å². The lowest BCUT2D eigenvalue weighted by atomic mass is 10.00. The van der Waals surface area contributed by atoms with E-state index in [9.17, 15) is 18.0 Å². The molecule has 2 aliphatic rings. The van der Waals surface area contributed by atoms with Crippen molar-refractivity contribution in [3.8, 4) is 0 Å².